The van der Waals surface area contributed by atoms with E-state index in [-0.39, 0.29) is 17.9 Å². The van der Waals surface area contributed by atoms with E-state index in [0.717, 1.165) is 26.1 Å². The summed E-state index contributed by atoms with van der Waals surface area (Å²) < 4.78 is 10.1. The maximum Gasteiger partial charge on any atom is 0.323 e. The second kappa shape index (κ2) is 6.08. The fourth-order valence-electron chi connectivity index (χ4n) is 1.78. The third-order valence-corrected chi connectivity index (χ3v) is 2.76. The van der Waals surface area contributed by atoms with Crippen molar-refractivity contribution in [2.45, 2.75) is 38.8 Å². The Bertz CT molecular complexity index is 200. The molecule has 0 aromatic heterocycles. The predicted octanol–water partition coefficient (Wildman–Crippen LogP) is 0.953. The molecule has 1 atom stereocenters. The summed E-state index contributed by atoms with van der Waals surface area (Å²) in [5, 5.41) is 3.35. The van der Waals surface area contributed by atoms with Gasteiger partial charge in [-0.2, -0.15) is 0 Å². The molecule has 0 aromatic carbocycles. The van der Waals surface area contributed by atoms with Crippen LogP contribution < -0.4 is 5.32 Å². The van der Waals surface area contributed by atoms with Gasteiger partial charge in [0, 0.05) is 19.3 Å². The van der Waals surface area contributed by atoms with Gasteiger partial charge < -0.3 is 14.8 Å². The number of esters is 1. The summed E-state index contributed by atoms with van der Waals surface area (Å²) >= 11 is 0. The summed E-state index contributed by atoms with van der Waals surface area (Å²) in [5.74, 6) is 0.0804. The van der Waals surface area contributed by atoms with Crippen LogP contribution in [0.5, 0.6) is 0 Å². The third-order valence-electron chi connectivity index (χ3n) is 2.76. The van der Waals surface area contributed by atoms with Crippen molar-refractivity contribution in [3.8, 4) is 0 Å². The molecule has 0 bridgehead atoms. The largest absolute Gasteiger partial charge is 0.468 e. The lowest BCUT2D eigenvalue weighted by Gasteiger charge is -2.29. The van der Waals surface area contributed by atoms with E-state index in [2.05, 4.69) is 5.32 Å². The summed E-state index contributed by atoms with van der Waals surface area (Å²) in [7, 11) is 1.43. The average molecular weight is 215 g/mol. The van der Waals surface area contributed by atoms with Gasteiger partial charge in [-0.05, 0) is 18.8 Å². The van der Waals surface area contributed by atoms with E-state index < -0.39 is 0 Å². The van der Waals surface area contributed by atoms with Crippen molar-refractivity contribution < 1.29 is 14.3 Å². The van der Waals surface area contributed by atoms with Gasteiger partial charge in [-0.1, -0.05) is 13.8 Å². The van der Waals surface area contributed by atoms with E-state index in [1.165, 1.54) is 7.11 Å². The number of carbonyl (C=O) groups is 1. The smallest absolute Gasteiger partial charge is 0.323 e. The molecule has 0 saturated carbocycles. The lowest BCUT2D eigenvalue weighted by molar-refractivity contribution is -0.144. The number of hydrogen-bond donors (Lipinski definition) is 1. The number of methoxy groups -OCH3 is 1. The first kappa shape index (κ1) is 12.5. The number of rotatable bonds is 4. The third kappa shape index (κ3) is 3.80. The van der Waals surface area contributed by atoms with Gasteiger partial charge in [0.2, 0.25) is 0 Å². The molecule has 1 N–H and O–H groups in total. The second-order valence-corrected chi connectivity index (χ2v) is 4.30. The van der Waals surface area contributed by atoms with Gasteiger partial charge in [-0.15, -0.1) is 0 Å². The molecule has 0 spiro atoms. The van der Waals surface area contributed by atoms with Crippen LogP contribution in [0.1, 0.15) is 26.7 Å². The van der Waals surface area contributed by atoms with E-state index in [4.69, 9.17) is 9.47 Å². The van der Waals surface area contributed by atoms with Crippen LogP contribution in [0.4, 0.5) is 0 Å². The van der Waals surface area contributed by atoms with Crippen LogP contribution in [0.15, 0.2) is 0 Å². The summed E-state index contributed by atoms with van der Waals surface area (Å²) in [5.41, 5.74) is 0. The molecule has 0 aliphatic carbocycles. The number of nitrogens with one attached hydrogen (secondary N) is 1. The van der Waals surface area contributed by atoms with Crippen LogP contribution >= 0.6 is 0 Å². The van der Waals surface area contributed by atoms with Crippen molar-refractivity contribution in [2.75, 3.05) is 20.3 Å². The van der Waals surface area contributed by atoms with Crippen LogP contribution in [0, 0.1) is 5.92 Å². The van der Waals surface area contributed by atoms with Gasteiger partial charge in [-0.25, -0.2) is 0 Å². The summed E-state index contributed by atoms with van der Waals surface area (Å²) in [6.07, 6.45) is 1.94. The first-order valence-electron chi connectivity index (χ1n) is 5.56. The normalized spacial score (nSPS) is 20.3. The van der Waals surface area contributed by atoms with Crippen molar-refractivity contribution in [1.82, 2.24) is 5.32 Å². The Labute approximate surface area is 91.3 Å². The van der Waals surface area contributed by atoms with Gasteiger partial charge in [0.15, 0.2) is 0 Å². The zero-order valence-corrected chi connectivity index (χ0v) is 9.79. The van der Waals surface area contributed by atoms with Crippen molar-refractivity contribution in [2.24, 2.45) is 5.92 Å². The lowest BCUT2D eigenvalue weighted by atomic mass is 10.0. The van der Waals surface area contributed by atoms with Crippen LogP contribution in [0.25, 0.3) is 0 Å². The molecule has 1 aliphatic heterocycles. The molecule has 1 aliphatic rings. The van der Waals surface area contributed by atoms with Gasteiger partial charge in [-0.3, -0.25) is 4.79 Å². The Morgan fingerprint density at radius 3 is 2.47 bits per heavy atom. The van der Waals surface area contributed by atoms with E-state index >= 15 is 0 Å². The highest BCUT2D eigenvalue weighted by Crippen LogP contribution is 2.11. The minimum atomic E-state index is -0.196. The van der Waals surface area contributed by atoms with Crippen molar-refractivity contribution in [1.29, 1.82) is 0 Å². The Balaban J connectivity index is 2.46. The topological polar surface area (TPSA) is 47.6 Å². The molecule has 1 fully saturated rings. The molecule has 1 unspecified atom stereocenters. The fraction of sp³-hybridized carbons (Fsp3) is 0.909. The van der Waals surface area contributed by atoms with Gasteiger partial charge in [0.25, 0.3) is 0 Å². The zero-order chi connectivity index (χ0) is 11.3. The molecule has 4 heteroatoms. The minimum Gasteiger partial charge on any atom is -0.468 e. The van der Waals surface area contributed by atoms with Crippen LogP contribution in [-0.2, 0) is 14.3 Å². The van der Waals surface area contributed by atoms with Crippen molar-refractivity contribution >= 4 is 5.97 Å². The molecule has 0 amide bonds. The Morgan fingerprint density at radius 2 is 2.00 bits per heavy atom. The van der Waals surface area contributed by atoms with Crippen LogP contribution in [0.2, 0.25) is 0 Å². The Hall–Kier alpha value is -0.610. The van der Waals surface area contributed by atoms with Gasteiger partial charge >= 0.3 is 5.97 Å². The molecule has 1 rings (SSSR count). The number of carbonyl (C=O) groups excluding carboxylic acids is 1. The molecule has 88 valence electrons. The Kier molecular flexibility index (Phi) is 5.05. The Morgan fingerprint density at radius 1 is 1.40 bits per heavy atom. The molecule has 0 aromatic rings. The van der Waals surface area contributed by atoms with E-state index in [1.807, 2.05) is 13.8 Å². The predicted molar refractivity (Wildman–Crippen MR) is 57.6 cm³/mol. The summed E-state index contributed by atoms with van der Waals surface area (Å²) in [4.78, 5) is 11.5. The van der Waals surface area contributed by atoms with Crippen molar-refractivity contribution in [3.63, 3.8) is 0 Å². The van der Waals surface area contributed by atoms with Gasteiger partial charge in [0.05, 0.1) is 7.11 Å². The standard InChI is InChI=1S/C11H21NO3/c1-8(2)10(11(13)14-3)12-9-4-6-15-7-5-9/h8-10,12H,4-7H2,1-3H3. The molecule has 1 saturated heterocycles. The van der Waals surface area contributed by atoms with Crippen LogP contribution in [0.3, 0.4) is 0 Å². The van der Waals surface area contributed by atoms with Gasteiger partial charge in [0.1, 0.15) is 6.04 Å². The SMILES string of the molecule is COC(=O)C(NC1CCOCC1)C(C)C. The summed E-state index contributed by atoms with van der Waals surface area (Å²) in [6.45, 7) is 5.61. The lowest BCUT2D eigenvalue weighted by Crippen LogP contribution is -2.48. The molecule has 4 nitrogen and oxygen atoms in total. The monoisotopic (exact) mass is 215 g/mol. The average Bonchev–Trinajstić information content (AvgIpc) is 2.26. The molecule has 1 heterocycles. The maximum atomic E-state index is 11.5. The highest BCUT2D eigenvalue weighted by Gasteiger charge is 2.26. The van der Waals surface area contributed by atoms with E-state index in [9.17, 15) is 4.79 Å². The first-order chi connectivity index (χ1) is 7.15. The number of hydrogen-bond acceptors (Lipinski definition) is 4. The fourth-order valence-corrected chi connectivity index (χ4v) is 1.78. The van der Waals surface area contributed by atoms with E-state index in [0.29, 0.717) is 6.04 Å². The molecule has 15 heavy (non-hydrogen) atoms. The van der Waals surface area contributed by atoms with E-state index in [1.54, 1.807) is 0 Å². The van der Waals surface area contributed by atoms with Crippen molar-refractivity contribution in [3.05, 3.63) is 0 Å². The quantitative estimate of drug-likeness (QED) is 0.709. The zero-order valence-electron chi connectivity index (χ0n) is 9.79. The summed E-state index contributed by atoms with van der Waals surface area (Å²) in [6, 6.07) is 0.184. The molecular formula is C11H21NO3. The molecular weight excluding hydrogens is 194 g/mol. The number of ether oxygens (including phenoxy) is 2. The molecule has 0 radical (unpaired) electrons. The first-order valence-corrected chi connectivity index (χ1v) is 5.56. The second-order valence-electron chi connectivity index (χ2n) is 4.30. The maximum absolute atomic E-state index is 11.5. The highest BCUT2D eigenvalue weighted by molar-refractivity contribution is 5.75. The highest BCUT2D eigenvalue weighted by atomic mass is 16.5. The van der Waals surface area contributed by atoms with Crippen LogP contribution in [-0.4, -0.2) is 38.4 Å². The minimum absolute atomic E-state index is 0.170.